The van der Waals surface area contributed by atoms with E-state index in [0.29, 0.717) is 17.9 Å². The number of rotatable bonds is 9. The first-order valence-electron chi connectivity index (χ1n) is 12.6. The Bertz CT molecular complexity index is 1310. The minimum absolute atomic E-state index is 0.138. The lowest BCUT2D eigenvalue weighted by Gasteiger charge is -2.34. The topological polar surface area (TPSA) is 74.6 Å². The van der Waals surface area contributed by atoms with Crippen LogP contribution in [0, 0.1) is 0 Å². The van der Waals surface area contributed by atoms with Crippen LogP contribution in [-0.4, -0.2) is 62.8 Å². The minimum Gasteiger partial charge on any atom is -0.505 e. The molecule has 0 bridgehead atoms. The van der Waals surface area contributed by atoms with Gasteiger partial charge in [-0.1, -0.05) is 82.9 Å². The highest BCUT2D eigenvalue weighted by Crippen LogP contribution is 2.35. The van der Waals surface area contributed by atoms with Gasteiger partial charge in [-0.15, -0.1) is 5.10 Å². The molecule has 0 radical (unpaired) electrons. The van der Waals surface area contributed by atoms with Crippen molar-refractivity contribution in [3.05, 3.63) is 99.7 Å². The summed E-state index contributed by atoms with van der Waals surface area (Å²) in [5.74, 6) is -0.166. The van der Waals surface area contributed by atoms with Gasteiger partial charge in [0.1, 0.15) is 12.3 Å². The molecule has 1 aliphatic rings. The largest absolute Gasteiger partial charge is 0.505 e. The number of phenolic OH excluding ortho intramolecular Hbond substituents is 1. The Morgan fingerprint density at radius 3 is 2.11 bits per heavy atom. The molecular weight excluding hydrogens is 521 g/mol. The zero-order valence-corrected chi connectivity index (χ0v) is 22.4. The monoisotopic (exact) mass is 549 g/mol. The average Bonchev–Trinajstić information content (AvgIpc) is 2.96. The Balaban J connectivity index is 1.06. The van der Waals surface area contributed by atoms with Gasteiger partial charge >= 0.3 is 6.01 Å². The number of hydrogen-bond acceptors (Lipinski definition) is 7. The Hall–Kier alpha value is -3.23. The normalized spacial score (nSPS) is 14.5. The molecule has 0 saturated carbocycles. The van der Waals surface area contributed by atoms with Crippen LogP contribution in [0.25, 0.3) is 11.3 Å². The van der Waals surface area contributed by atoms with Crippen molar-refractivity contribution in [1.29, 1.82) is 0 Å². The highest BCUT2D eigenvalue weighted by Gasteiger charge is 2.17. The molecule has 0 aliphatic carbocycles. The van der Waals surface area contributed by atoms with E-state index in [0.717, 1.165) is 51.3 Å². The molecule has 1 fully saturated rings. The van der Waals surface area contributed by atoms with Crippen molar-refractivity contribution in [2.75, 3.05) is 32.7 Å². The number of benzene rings is 3. The first-order chi connectivity index (χ1) is 18.5. The summed E-state index contributed by atoms with van der Waals surface area (Å²) < 4.78 is 5.71. The summed E-state index contributed by atoms with van der Waals surface area (Å²) in [5, 5.41) is 18.2. The van der Waals surface area contributed by atoms with E-state index in [4.69, 9.17) is 27.9 Å². The van der Waals surface area contributed by atoms with Crippen molar-refractivity contribution < 1.29 is 9.84 Å². The Labute approximate surface area is 232 Å². The quantitative estimate of drug-likeness (QED) is 0.296. The molecule has 4 aromatic rings. The molecule has 7 nitrogen and oxygen atoms in total. The molecule has 196 valence electrons. The van der Waals surface area contributed by atoms with Crippen LogP contribution in [0.5, 0.6) is 11.8 Å². The second-order valence-electron chi connectivity index (χ2n) is 9.37. The second kappa shape index (κ2) is 12.5. The number of nitrogens with zero attached hydrogens (tertiary/aromatic N) is 5. The van der Waals surface area contributed by atoms with E-state index in [1.807, 2.05) is 0 Å². The number of phenols is 1. The molecule has 38 heavy (non-hydrogen) atoms. The molecule has 5 rings (SSSR count). The van der Waals surface area contributed by atoms with Gasteiger partial charge in [0.2, 0.25) is 0 Å². The lowest BCUT2D eigenvalue weighted by molar-refractivity contribution is 0.128. The van der Waals surface area contributed by atoms with Crippen LogP contribution in [0.3, 0.4) is 0 Å². The Morgan fingerprint density at radius 2 is 1.45 bits per heavy atom. The molecule has 0 unspecified atom stereocenters. The van der Waals surface area contributed by atoms with Crippen LogP contribution in [-0.2, 0) is 19.6 Å². The van der Waals surface area contributed by atoms with E-state index < -0.39 is 0 Å². The third-order valence-corrected chi connectivity index (χ3v) is 7.25. The highest BCUT2D eigenvalue weighted by molar-refractivity contribution is 6.37. The average molecular weight is 550 g/mol. The number of piperazine rings is 1. The minimum atomic E-state index is -0.166. The van der Waals surface area contributed by atoms with Gasteiger partial charge in [-0.3, -0.25) is 4.90 Å². The van der Waals surface area contributed by atoms with Crippen LogP contribution in [0.1, 0.15) is 16.7 Å². The van der Waals surface area contributed by atoms with Crippen molar-refractivity contribution in [3.63, 3.8) is 0 Å². The first kappa shape index (κ1) is 26.4. The number of hydrogen-bond donors (Lipinski definition) is 1. The maximum atomic E-state index is 9.72. The van der Waals surface area contributed by atoms with Crippen LogP contribution in [0.15, 0.2) is 72.9 Å². The van der Waals surface area contributed by atoms with Gasteiger partial charge < -0.3 is 14.7 Å². The van der Waals surface area contributed by atoms with Crippen molar-refractivity contribution in [2.45, 2.75) is 19.6 Å². The number of aromatic nitrogens is 3. The number of halogens is 2. The predicted molar refractivity (Wildman–Crippen MR) is 150 cm³/mol. The zero-order chi connectivity index (χ0) is 26.3. The summed E-state index contributed by atoms with van der Waals surface area (Å²) >= 11 is 12.0. The summed E-state index contributed by atoms with van der Waals surface area (Å²) in [7, 11) is 0. The molecule has 1 aromatic heterocycles. The van der Waals surface area contributed by atoms with Gasteiger partial charge in [0, 0.05) is 44.8 Å². The molecule has 9 heteroatoms. The smallest absolute Gasteiger partial charge is 0.336 e. The van der Waals surface area contributed by atoms with E-state index in [1.54, 1.807) is 12.1 Å². The lowest BCUT2D eigenvalue weighted by atomic mass is 10.1. The Morgan fingerprint density at radius 1 is 0.789 bits per heavy atom. The van der Waals surface area contributed by atoms with E-state index in [9.17, 15) is 5.11 Å². The third-order valence-electron chi connectivity index (χ3n) is 6.67. The molecule has 3 aromatic carbocycles. The SMILES string of the molecule is Oc1c(Cl)cc(-c2cnc(OCc3ccc(CN4CCN(CCc5ccccc5)CC4)cc3)nn2)cc1Cl. The van der Waals surface area contributed by atoms with Crippen molar-refractivity contribution in [2.24, 2.45) is 0 Å². The van der Waals surface area contributed by atoms with Crippen LogP contribution in [0.4, 0.5) is 0 Å². The standard InChI is InChI=1S/C29H29Cl2N5O2/c30-25-16-24(17-26(31)28(25)37)27-18-32-29(34-33-27)38-20-23-8-6-22(7-9-23)19-36-14-12-35(13-15-36)11-10-21-4-2-1-3-5-21/h1-9,16-18,37H,10-15,19-20H2. The van der Waals surface area contributed by atoms with Gasteiger partial charge in [-0.25, -0.2) is 4.98 Å². The van der Waals surface area contributed by atoms with Crippen LogP contribution in [0.2, 0.25) is 10.0 Å². The maximum Gasteiger partial charge on any atom is 0.336 e. The second-order valence-corrected chi connectivity index (χ2v) is 10.2. The molecule has 0 atom stereocenters. The van der Waals surface area contributed by atoms with Gasteiger partial charge in [0.05, 0.1) is 16.2 Å². The molecular formula is C29H29Cl2N5O2. The third kappa shape index (κ3) is 6.99. The van der Waals surface area contributed by atoms with Gasteiger partial charge in [-0.05, 0) is 35.2 Å². The van der Waals surface area contributed by atoms with Gasteiger partial charge in [0.15, 0.2) is 5.75 Å². The fraction of sp³-hybridized carbons (Fsp3) is 0.276. The van der Waals surface area contributed by atoms with E-state index in [-0.39, 0.29) is 21.8 Å². The summed E-state index contributed by atoms with van der Waals surface area (Å²) in [4.78, 5) is 9.30. The number of ether oxygens (including phenoxy) is 1. The summed E-state index contributed by atoms with van der Waals surface area (Å²) in [6, 6.07) is 22.5. The van der Waals surface area contributed by atoms with E-state index in [2.05, 4.69) is 79.6 Å². The Kier molecular flexibility index (Phi) is 8.71. The summed E-state index contributed by atoms with van der Waals surface area (Å²) in [6.07, 6.45) is 2.64. The fourth-order valence-corrected chi connectivity index (χ4v) is 4.91. The van der Waals surface area contributed by atoms with Crippen LogP contribution >= 0.6 is 23.2 Å². The fourth-order valence-electron chi connectivity index (χ4n) is 4.43. The van der Waals surface area contributed by atoms with Gasteiger partial charge in [0.25, 0.3) is 0 Å². The van der Waals surface area contributed by atoms with Gasteiger partial charge in [-0.2, -0.15) is 0 Å². The number of aromatic hydroxyl groups is 1. The summed E-state index contributed by atoms with van der Waals surface area (Å²) in [6.45, 7) is 6.81. The molecule has 1 aliphatic heterocycles. The molecule has 1 saturated heterocycles. The molecule has 2 heterocycles. The first-order valence-corrected chi connectivity index (χ1v) is 13.4. The van der Waals surface area contributed by atoms with Crippen LogP contribution < -0.4 is 4.74 Å². The molecule has 1 N–H and O–H groups in total. The maximum absolute atomic E-state index is 9.72. The predicted octanol–water partition coefficient (Wildman–Crippen LogP) is 5.49. The van der Waals surface area contributed by atoms with Crippen molar-refractivity contribution in [3.8, 4) is 23.0 Å². The van der Waals surface area contributed by atoms with E-state index >= 15 is 0 Å². The van der Waals surface area contributed by atoms with Crippen molar-refractivity contribution in [1.82, 2.24) is 25.0 Å². The highest BCUT2D eigenvalue weighted by atomic mass is 35.5. The lowest BCUT2D eigenvalue weighted by Crippen LogP contribution is -2.46. The van der Waals surface area contributed by atoms with Crippen molar-refractivity contribution >= 4 is 23.2 Å². The summed E-state index contributed by atoms with van der Waals surface area (Å²) in [5.41, 5.74) is 4.81. The zero-order valence-electron chi connectivity index (χ0n) is 20.9. The van der Waals surface area contributed by atoms with E-state index in [1.165, 1.54) is 17.3 Å². The molecule has 0 spiro atoms. The molecule has 0 amide bonds.